The highest BCUT2D eigenvalue weighted by Gasteiger charge is 2.71. The number of rotatable bonds is 8. The summed E-state index contributed by atoms with van der Waals surface area (Å²) in [7, 11) is 0. The lowest BCUT2D eigenvalue weighted by atomic mass is 9.84. The quantitative estimate of drug-likeness (QED) is 0.387. The summed E-state index contributed by atoms with van der Waals surface area (Å²) in [6.07, 6.45) is 2.15. The second-order valence-electron chi connectivity index (χ2n) is 8.34. The van der Waals surface area contributed by atoms with E-state index in [2.05, 4.69) is 36.1 Å². The van der Waals surface area contributed by atoms with Crippen molar-refractivity contribution < 1.29 is 28.8 Å². The Balaban J connectivity index is 1.39. The summed E-state index contributed by atoms with van der Waals surface area (Å²) in [4.78, 5) is 12.6. The molecule has 28 heavy (non-hydrogen) atoms. The molecule has 2 bridgehead atoms. The molecule has 0 aromatic heterocycles. The van der Waals surface area contributed by atoms with Gasteiger partial charge in [0.05, 0.1) is 18.6 Å². The van der Waals surface area contributed by atoms with Gasteiger partial charge in [0.1, 0.15) is 36.3 Å². The number of Topliss-reactive ketones (excluding diaryl/α,β-unsaturated/α-hetero) is 1. The predicted molar refractivity (Wildman–Crippen MR) is 112 cm³/mol. The third kappa shape index (κ3) is 3.92. The van der Waals surface area contributed by atoms with Crippen LogP contribution in [-0.4, -0.2) is 64.8 Å². The van der Waals surface area contributed by atoms with Crippen molar-refractivity contribution in [3.8, 4) is 0 Å². The van der Waals surface area contributed by atoms with E-state index in [4.69, 9.17) is 30.5 Å². The van der Waals surface area contributed by atoms with Crippen molar-refractivity contribution in [3.05, 3.63) is 10.2 Å². The van der Waals surface area contributed by atoms with Crippen LogP contribution in [0.4, 0.5) is 0 Å². The normalized spacial score (nSPS) is 44.9. The van der Waals surface area contributed by atoms with Gasteiger partial charge in [-0.3, -0.25) is 4.79 Å². The van der Waals surface area contributed by atoms with Crippen LogP contribution in [-0.2, 0) is 23.7 Å². The van der Waals surface area contributed by atoms with Gasteiger partial charge >= 0.3 is 0 Å². The Hall–Kier alpha value is 0.230. The number of halogens is 2. The van der Waals surface area contributed by atoms with E-state index in [9.17, 15) is 9.90 Å². The minimum absolute atomic E-state index is 0.00437. The molecule has 0 aliphatic carbocycles. The molecule has 6 nitrogen and oxygen atoms in total. The Labute approximate surface area is 184 Å². The highest BCUT2D eigenvalue weighted by atomic mass is 127. The molecular formula is C20H28ClIO6. The van der Waals surface area contributed by atoms with Crippen LogP contribution in [0.5, 0.6) is 0 Å². The highest BCUT2D eigenvalue weighted by molar-refractivity contribution is 14.1. The number of carbonyl (C=O) groups is 1. The van der Waals surface area contributed by atoms with Crippen molar-refractivity contribution in [2.75, 3.05) is 0 Å². The van der Waals surface area contributed by atoms with E-state index in [0.717, 1.165) is 22.8 Å². The molecule has 0 aromatic rings. The molecule has 0 spiro atoms. The first-order valence-electron chi connectivity index (χ1n) is 10.2. The van der Waals surface area contributed by atoms with Gasteiger partial charge in [0.15, 0.2) is 0 Å². The van der Waals surface area contributed by atoms with Gasteiger partial charge in [0.2, 0.25) is 5.79 Å². The summed E-state index contributed by atoms with van der Waals surface area (Å²) < 4.78 is 25.6. The number of fused-ring (bicyclic) bond motifs is 3. The summed E-state index contributed by atoms with van der Waals surface area (Å²) >= 11 is 8.40. The molecule has 1 N–H and O–H groups in total. The van der Waals surface area contributed by atoms with Crippen LogP contribution in [0, 0.1) is 0 Å². The first kappa shape index (κ1) is 21.5. The molecule has 8 heteroatoms. The summed E-state index contributed by atoms with van der Waals surface area (Å²) in [5.74, 6) is -1.35. The van der Waals surface area contributed by atoms with E-state index < -0.39 is 18.0 Å². The van der Waals surface area contributed by atoms with Crippen molar-refractivity contribution >= 4 is 40.0 Å². The zero-order valence-electron chi connectivity index (χ0n) is 16.0. The average molecular weight is 527 g/mol. The summed E-state index contributed by atoms with van der Waals surface area (Å²) in [5.41, 5.74) is 0. The molecular weight excluding hydrogens is 499 g/mol. The topological polar surface area (TPSA) is 74.2 Å². The van der Waals surface area contributed by atoms with Gasteiger partial charge in [-0.15, -0.1) is 11.6 Å². The number of alkyl halides is 1. The molecule has 0 radical (unpaired) electrons. The van der Waals surface area contributed by atoms with Gasteiger partial charge < -0.3 is 24.1 Å². The zero-order valence-corrected chi connectivity index (χ0v) is 18.9. The first-order chi connectivity index (χ1) is 13.3. The van der Waals surface area contributed by atoms with Gasteiger partial charge in [0.25, 0.3) is 0 Å². The zero-order chi connectivity index (χ0) is 20.1. The van der Waals surface area contributed by atoms with E-state index >= 15 is 0 Å². The summed E-state index contributed by atoms with van der Waals surface area (Å²) in [6, 6.07) is 0. The molecule has 4 heterocycles. The van der Waals surface area contributed by atoms with Crippen LogP contribution in [0.3, 0.4) is 0 Å². The van der Waals surface area contributed by atoms with Crippen LogP contribution in [0.1, 0.15) is 51.9 Å². The lowest BCUT2D eigenvalue weighted by Crippen LogP contribution is -2.65. The van der Waals surface area contributed by atoms with Crippen molar-refractivity contribution in [2.24, 2.45) is 0 Å². The number of aliphatic hydroxyl groups excluding tert-OH is 1. The molecule has 4 saturated heterocycles. The van der Waals surface area contributed by atoms with Crippen LogP contribution < -0.4 is 0 Å². The van der Waals surface area contributed by atoms with E-state index in [0.29, 0.717) is 19.3 Å². The molecule has 4 aliphatic heterocycles. The largest absolute Gasteiger partial charge is 0.385 e. The summed E-state index contributed by atoms with van der Waals surface area (Å²) in [6.45, 7) is 5.95. The molecule has 0 unspecified atom stereocenters. The Morgan fingerprint density at radius 2 is 1.96 bits per heavy atom. The summed E-state index contributed by atoms with van der Waals surface area (Å²) in [5, 5.41) is 10.7. The van der Waals surface area contributed by atoms with Crippen molar-refractivity contribution in [1.29, 1.82) is 0 Å². The Kier molecular flexibility index (Phi) is 6.44. The van der Waals surface area contributed by atoms with E-state index in [1.807, 2.05) is 0 Å². The van der Waals surface area contributed by atoms with Crippen LogP contribution in [0.2, 0.25) is 0 Å². The molecule has 4 aliphatic rings. The van der Waals surface area contributed by atoms with E-state index in [1.54, 1.807) is 0 Å². The van der Waals surface area contributed by atoms with Crippen LogP contribution >= 0.6 is 34.2 Å². The molecule has 9 atom stereocenters. The lowest BCUT2D eigenvalue weighted by Gasteiger charge is -2.49. The maximum Gasteiger partial charge on any atom is 0.205 e. The van der Waals surface area contributed by atoms with E-state index in [1.165, 1.54) is 0 Å². The van der Waals surface area contributed by atoms with Crippen LogP contribution in [0.15, 0.2) is 10.2 Å². The highest BCUT2D eigenvalue weighted by Crippen LogP contribution is 2.52. The fourth-order valence-corrected chi connectivity index (χ4v) is 5.98. The number of hydrogen-bond donors (Lipinski definition) is 1. The smallest absolute Gasteiger partial charge is 0.205 e. The Bertz CT molecular complexity index is 632. The molecule has 0 amide bonds. The van der Waals surface area contributed by atoms with Crippen molar-refractivity contribution in [3.63, 3.8) is 0 Å². The minimum Gasteiger partial charge on any atom is -0.385 e. The maximum absolute atomic E-state index is 12.6. The average Bonchev–Trinajstić information content (AvgIpc) is 3.15. The second-order valence-corrected chi connectivity index (χ2v) is 10.5. The number of ketones is 1. The number of aliphatic hydroxyl groups is 1. The third-order valence-electron chi connectivity index (χ3n) is 6.30. The molecule has 0 saturated carbocycles. The number of allylic oxidation sites excluding steroid dienone is 1. The monoisotopic (exact) mass is 526 g/mol. The van der Waals surface area contributed by atoms with Gasteiger partial charge in [-0.05, 0) is 58.3 Å². The fourth-order valence-electron chi connectivity index (χ4n) is 4.89. The molecule has 4 rings (SSSR count). The molecule has 4 fully saturated rings. The van der Waals surface area contributed by atoms with Gasteiger partial charge in [0, 0.05) is 11.8 Å². The van der Waals surface area contributed by atoms with Crippen molar-refractivity contribution in [1.82, 2.24) is 0 Å². The SMILES string of the molecule is C=C(I)C[C@H](Cl)CCC(=O)C[C@]12O[C@@H]3[C@H](O1)[C@@H](O[C@H]1CC[C@H](CC)O[C@H]31)[C@H]2O. The number of ether oxygens (including phenoxy) is 4. The Morgan fingerprint density at radius 3 is 2.64 bits per heavy atom. The lowest BCUT2D eigenvalue weighted by molar-refractivity contribution is -0.297. The maximum atomic E-state index is 12.6. The number of hydrogen-bond acceptors (Lipinski definition) is 6. The fraction of sp³-hybridized carbons (Fsp3) is 0.850. The van der Waals surface area contributed by atoms with Gasteiger partial charge in [-0.2, -0.15) is 0 Å². The second kappa shape index (κ2) is 8.40. The van der Waals surface area contributed by atoms with Crippen LogP contribution in [0.25, 0.3) is 0 Å². The first-order valence-corrected chi connectivity index (χ1v) is 11.7. The number of carbonyl (C=O) groups excluding carboxylic acids is 1. The standard InChI is InChI=1S/C20H28ClIO6/c1-3-13-6-7-14-15(25-13)16-17-18(26-14)19(24)20(27-16,28-17)9-12(23)5-4-11(21)8-10(2)22/h11,13-19,24H,2-9H2,1H3/t11-,13+,14+,15+,16+,17+,18-,19-,20+/m1/s1. The van der Waals surface area contributed by atoms with E-state index in [-0.39, 0.29) is 48.1 Å². The minimum atomic E-state index is -1.32. The van der Waals surface area contributed by atoms with Crippen molar-refractivity contribution in [2.45, 2.75) is 106 Å². The van der Waals surface area contributed by atoms with Gasteiger partial charge in [-0.1, -0.05) is 13.5 Å². The molecule has 158 valence electrons. The Morgan fingerprint density at radius 1 is 1.25 bits per heavy atom. The predicted octanol–water partition coefficient (Wildman–Crippen LogP) is 3.25. The third-order valence-corrected chi connectivity index (χ3v) is 7.12. The van der Waals surface area contributed by atoms with Gasteiger partial charge in [-0.25, -0.2) is 0 Å². The molecule has 0 aromatic carbocycles.